The minimum atomic E-state index is 0.455. The minimum absolute atomic E-state index is 0.455. The molecule has 1 rings (SSSR count). The van der Waals surface area contributed by atoms with Crippen molar-refractivity contribution in [3.8, 4) is 0 Å². The van der Waals surface area contributed by atoms with E-state index in [1.165, 1.54) is 51.4 Å². The first kappa shape index (κ1) is 15.2. The van der Waals surface area contributed by atoms with Crippen LogP contribution in [0, 0.1) is 5.41 Å². The SMILES string of the molecule is CCCCCCC(C)(CCCC)C1=BBB=B1. The van der Waals surface area contributed by atoms with E-state index in [1.807, 2.05) is 0 Å². The Morgan fingerprint density at radius 1 is 1.00 bits per heavy atom. The molecule has 0 bridgehead atoms. The van der Waals surface area contributed by atoms with Crippen molar-refractivity contribution in [3.05, 3.63) is 0 Å². The molecule has 4 heteroatoms. The van der Waals surface area contributed by atoms with E-state index in [2.05, 4.69) is 41.1 Å². The molecular weight excluding hydrogens is 199 g/mol. The summed E-state index contributed by atoms with van der Waals surface area (Å²) >= 11 is 0. The average Bonchev–Trinajstić information content (AvgIpc) is 2.86. The van der Waals surface area contributed by atoms with Gasteiger partial charge in [0.25, 0.3) is 0 Å². The summed E-state index contributed by atoms with van der Waals surface area (Å²) in [5.41, 5.74) is 0.455. The van der Waals surface area contributed by atoms with Crippen molar-refractivity contribution in [2.24, 2.45) is 5.41 Å². The molecule has 1 atom stereocenters. The molecule has 0 saturated carbocycles. The molecule has 1 aliphatic rings. The third kappa shape index (κ3) is 5.10. The van der Waals surface area contributed by atoms with Crippen LogP contribution in [0.2, 0.25) is 0 Å². The van der Waals surface area contributed by atoms with Crippen molar-refractivity contribution < 1.29 is 0 Å². The fourth-order valence-electron chi connectivity index (χ4n) is 2.83. The van der Waals surface area contributed by atoms with E-state index >= 15 is 0 Å². The molecule has 0 nitrogen and oxygen atoms in total. The van der Waals surface area contributed by atoms with Crippen LogP contribution in [-0.4, -0.2) is 32.7 Å². The van der Waals surface area contributed by atoms with Gasteiger partial charge in [-0.3, -0.25) is 0 Å². The number of unbranched alkanes of at least 4 members (excludes halogenated alkanes) is 4. The zero-order valence-electron chi connectivity index (χ0n) is 12.1. The second kappa shape index (κ2) is 8.27. The number of rotatable bonds is 9. The van der Waals surface area contributed by atoms with Crippen molar-refractivity contribution in [3.63, 3.8) is 0 Å². The van der Waals surface area contributed by atoms with Gasteiger partial charge in [0.15, 0.2) is 0 Å². The van der Waals surface area contributed by atoms with E-state index in [0.717, 1.165) is 7.06 Å². The molecule has 0 aromatic carbocycles. The van der Waals surface area contributed by atoms with Gasteiger partial charge in [-0.15, -0.1) is 0 Å². The van der Waals surface area contributed by atoms with Crippen LogP contribution in [0.15, 0.2) is 0 Å². The average molecular weight is 226 g/mol. The topological polar surface area (TPSA) is 0 Å². The molecule has 0 radical (unpaired) electrons. The molecule has 1 aliphatic heterocycles. The Labute approximate surface area is 111 Å². The van der Waals surface area contributed by atoms with Gasteiger partial charge in [-0.1, -0.05) is 0 Å². The molecule has 0 spiro atoms. The monoisotopic (exact) mass is 226 g/mol. The molecule has 0 aromatic heterocycles. The van der Waals surface area contributed by atoms with Crippen LogP contribution in [0.25, 0.3) is 0 Å². The first-order valence-electron chi connectivity index (χ1n) is 7.60. The van der Waals surface area contributed by atoms with Crippen LogP contribution in [0.5, 0.6) is 0 Å². The van der Waals surface area contributed by atoms with E-state index < -0.39 is 0 Å². The van der Waals surface area contributed by atoms with Crippen molar-refractivity contribution in [2.75, 3.05) is 0 Å². The molecule has 0 fully saturated rings. The van der Waals surface area contributed by atoms with Gasteiger partial charge in [0.2, 0.25) is 0 Å². The van der Waals surface area contributed by atoms with Crippen LogP contribution in [-0.2, 0) is 0 Å². The molecule has 0 N–H and O–H groups in total. The van der Waals surface area contributed by atoms with Gasteiger partial charge in [0.05, 0.1) is 0 Å². The summed E-state index contributed by atoms with van der Waals surface area (Å²) in [5.74, 6) is 0. The second-order valence-electron chi connectivity index (χ2n) is 5.77. The standard InChI is InChI=1S/C13H26B4/c1-4-6-8-9-11-13(3,10-7-5-2)12-14-16-17-15-12/h16H,4-11H2,1-3H3. The van der Waals surface area contributed by atoms with Crippen LogP contribution < -0.4 is 0 Å². The van der Waals surface area contributed by atoms with Gasteiger partial charge in [-0.25, -0.2) is 0 Å². The summed E-state index contributed by atoms with van der Waals surface area (Å²) in [6.45, 7) is 14.2. The molecule has 17 heavy (non-hydrogen) atoms. The summed E-state index contributed by atoms with van der Waals surface area (Å²) in [4.78, 5) is 0. The quantitative estimate of drug-likeness (QED) is 0.418. The van der Waals surface area contributed by atoms with Gasteiger partial charge in [0.1, 0.15) is 0 Å². The fraction of sp³-hybridized carbons (Fsp3) is 0.923. The van der Waals surface area contributed by atoms with E-state index in [1.54, 1.807) is 5.36 Å². The fourth-order valence-corrected chi connectivity index (χ4v) is 2.83. The Balaban J connectivity index is 2.49. The Hall–Kier alpha value is 0.130. The number of hydrogen-bond acceptors (Lipinski definition) is 0. The maximum atomic E-state index is 2.48. The van der Waals surface area contributed by atoms with Crippen molar-refractivity contribution >= 4 is 32.7 Å². The zero-order valence-corrected chi connectivity index (χ0v) is 12.1. The van der Waals surface area contributed by atoms with E-state index in [-0.39, 0.29) is 0 Å². The Morgan fingerprint density at radius 3 is 2.29 bits per heavy atom. The maximum absolute atomic E-state index is 2.48. The van der Waals surface area contributed by atoms with Gasteiger partial charge in [0, 0.05) is 0 Å². The second-order valence-corrected chi connectivity index (χ2v) is 5.77. The molecular formula is C13H26B4. The van der Waals surface area contributed by atoms with Crippen molar-refractivity contribution in [2.45, 2.75) is 72.1 Å². The third-order valence-electron chi connectivity index (χ3n) is 4.13. The first-order valence-corrected chi connectivity index (χ1v) is 7.60. The molecule has 0 saturated heterocycles. The zero-order chi connectivity index (χ0) is 12.6. The third-order valence-corrected chi connectivity index (χ3v) is 4.13. The van der Waals surface area contributed by atoms with Crippen LogP contribution in [0.3, 0.4) is 0 Å². The van der Waals surface area contributed by atoms with E-state index in [9.17, 15) is 0 Å². The molecule has 90 valence electrons. The van der Waals surface area contributed by atoms with Crippen LogP contribution in [0.4, 0.5) is 0 Å². The first-order chi connectivity index (χ1) is 8.23. The summed E-state index contributed by atoms with van der Waals surface area (Å²) in [5, 5.41) is 1.61. The summed E-state index contributed by atoms with van der Waals surface area (Å²) < 4.78 is 0. The van der Waals surface area contributed by atoms with Crippen molar-refractivity contribution in [1.29, 1.82) is 0 Å². The van der Waals surface area contributed by atoms with Gasteiger partial charge < -0.3 is 0 Å². The summed E-state index contributed by atoms with van der Waals surface area (Å²) in [7, 11) is 1.16. The van der Waals surface area contributed by atoms with E-state index in [0.29, 0.717) is 5.41 Å². The van der Waals surface area contributed by atoms with E-state index in [4.69, 9.17) is 0 Å². The molecule has 1 heterocycles. The Kier molecular flexibility index (Phi) is 7.39. The number of hydrogen-bond donors (Lipinski definition) is 0. The van der Waals surface area contributed by atoms with Gasteiger partial charge >= 0.3 is 110 Å². The Bertz CT molecular complexity index is 273. The summed E-state index contributed by atoms with van der Waals surface area (Å²) in [6.07, 6.45) is 11.0. The molecule has 0 aromatic rings. The Morgan fingerprint density at radius 2 is 1.71 bits per heavy atom. The summed E-state index contributed by atoms with van der Waals surface area (Å²) in [6, 6.07) is 0. The molecule has 1 unspecified atom stereocenters. The van der Waals surface area contributed by atoms with Gasteiger partial charge in [-0.05, 0) is 0 Å². The molecule has 0 aliphatic carbocycles. The van der Waals surface area contributed by atoms with Crippen LogP contribution in [0.1, 0.15) is 72.1 Å². The predicted octanol–water partition coefficient (Wildman–Crippen LogP) is 2.59. The van der Waals surface area contributed by atoms with Crippen molar-refractivity contribution in [1.82, 2.24) is 0 Å². The molecule has 0 amide bonds. The van der Waals surface area contributed by atoms with Gasteiger partial charge in [-0.2, -0.15) is 0 Å². The normalized spacial score (nSPS) is 16.3. The van der Waals surface area contributed by atoms with Crippen LogP contribution >= 0.6 is 0 Å². The predicted molar refractivity (Wildman–Crippen MR) is 85.8 cm³/mol.